The van der Waals surface area contributed by atoms with E-state index in [-0.39, 0.29) is 0 Å². The van der Waals surface area contributed by atoms with Crippen molar-refractivity contribution in [2.45, 2.75) is 26.2 Å². The van der Waals surface area contributed by atoms with Crippen molar-refractivity contribution < 1.29 is 14.3 Å². The van der Waals surface area contributed by atoms with Crippen LogP contribution in [0.15, 0.2) is 12.1 Å². The molecule has 0 spiro atoms. The van der Waals surface area contributed by atoms with Crippen LogP contribution in [0, 0.1) is 6.92 Å². The predicted octanol–water partition coefficient (Wildman–Crippen LogP) is 2.59. The number of carbonyl (C=O) groups is 1. The molecule has 0 unspecified atom stereocenters. The van der Waals surface area contributed by atoms with Gasteiger partial charge in [-0.2, -0.15) is 0 Å². The van der Waals surface area contributed by atoms with Gasteiger partial charge in [-0.1, -0.05) is 0 Å². The Morgan fingerprint density at radius 1 is 1.25 bits per heavy atom. The summed E-state index contributed by atoms with van der Waals surface area (Å²) in [7, 11) is 3.07. The summed E-state index contributed by atoms with van der Waals surface area (Å²) in [5.74, 6) is -0.408. The molecule has 0 saturated carbocycles. The van der Waals surface area contributed by atoms with E-state index in [0.717, 1.165) is 43.7 Å². The Bertz CT molecular complexity index is 447. The number of hydrogen-bond acceptors (Lipinski definition) is 5. The smallest absolute Gasteiger partial charge is 0.340 e. The van der Waals surface area contributed by atoms with Crippen molar-refractivity contribution in [3.05, 3.63) is 23.3 Å². The molecule has 0 aliphatic rings. The van der Waals surface area contributed by atoms with E-state index < -0.39 is 5.97 Å². The minimum Gasteiger partial charge on any atom is -0.465 e. The lowest BCUT2D eigenvalue weighted by Crippen LogP contribution is -2.09. The lowest BCUT2D eigenvalue weighted by Gasteiger charge is -2.12. The first-order valence-corrected chi connectivity index (χ1v) is 6.81. The summed E-state index contributed by atoms with van der Waals surface area (Å²) < 4.78 is 9.74. The van der Waals surface area contributed by atoms with Crippen LogP contribution in [0.1, 0.15) is 35.2 Å². The van der Waals surface area contributed by atoms with Gasteiger partial charge in [-0.3, -0.25) is 0 Å². The van der Waals surface area contributed by atoms with Gasteiger partial charge in [0.05, 0.1) is 12.7 Å². The van der Waals surface area contributed by atoms with E-state index in [1.165, 1.54) is 7.11 Å². The molecule has 1 aromatic rings. The molecule has 3 N–H and O–H groups in total. The van der Waals surface area contributed by atoms with Crippen molar-refractivity contribution in [1.29, 1.82) is 0 Å². The summed E-state index contributed by atoms with van der Waals surface area (Å²) in [6.07, 6.45) is 3.23. The lowest BCUT2D eigenvalue weighted by atomic mass is 10.1. The molecule has 0 radical (unpaired) electrons. The van der Waals surface area contributed by atoms with Crippen LogP contribution >= 0.6 is 0 Å². The first-order valence-electron chi connectivity index (χ1n) is 6.81. The highest BCUT2D eigenvalue weighted by molar-refractivity contribution is 5.97. The van der Waals surface area contributed by atoms with Crippen LogP contribution in [0.2, 0.25) is 0 Å². The van der Waals surface area contributed by atoms with E-state index in [1.807, 2.05) is 13.0 Å². The molecule has 0 aliphatic carbocycles. The van der Waals surface area contributed by atoms with Crippen LogP contribution in [-0.4, -0.2) is 33.3 Å². The Balaban J connectivity index is 2.58. The molecule has 0 bridgehead atoms. The number of carbonyl (C=O) groups excluding carboxylic acids is 1. The fourth-order valence-corrected chi connectivity index (χ4v) is 1.96. The van der Waals surface area contributed by atoms with E-state index >= 15 is 0 Å². The Morgan fingerprint density at radius 3 is 2.65 bits per heavy atom. The highest BCUT2D eigenvalue weighted by Crippen LogP contribution is 2.23. The number of esters is 1. The third-order valence-electron chi connectivity index (χ3n) is 3.15. The summed E-state index contributed by atoms with van der Waals surface area (Å²) in [5.41, 5.74) is 8.54. The number of ether oxygens (including phenoxy) is 2. The molecule has 1 aromatic carbocycles. The van der Waals surface area contributed by atoms with E-state index in [1.54, 1.807) is 13.2 Å². The molecule has 5 nitrogen and oxygen atoms in total. The Hall–Kier alpha value is -1.75. The number of hydrogen-bond donors (Lipinski definition) is 2. The van der Waals surface area contributed by atoms with Crippen LogP contribution in [0.5, 0.6) is 0 Å². The second-order valence-corrected chi connectivity index (χ2v) is 4.73. The summed E-state index contributed by atoms with van der Waals surface area (Å²) in [6, 6.07) is 3.68. The standard InChI is InChI=1S/C15H24N2O3/c1-11-9-12(17-7-5-4-6-8-19-2)10-13(14(11)16)15(18)20-3/h9-10,17H,4-8,16H2,1-3H3. The lowest BCUT2D eigenvalue weighted by molar-refractivity contribution is 0.0602. The predicted molar refractivity (Wildman–Crippen MR) is 81.1 cm³/mol. The number of nitrogens with one attached hydrogen (secondary N) is 1. The van der Waals surface area contributed by atoms with Gasteiger partial charge in [-0.05, 0) is 43.9 Å². The number of rotatable bonds is 8. The summed E-state index contributed by atoms with van der Waals surface area (Å²) >= 11 is 0. The molecule has 0 saturated heterocycles. The second kappa shape index (κ2) is 8.43. The first-order chi connectivity index (χ1) is 9.60. The molecule has 5 heteroatoms. The van der Waals surface area contributed by atoms with Crippen molar-refractivity contribution in [2.24, 2.45) is 0 Å². The van der Waals surface area contributed by atoms with Crippen molar-refractivity contribution in [2.75, 3.05) is 38.4 Å². The van der Waals surface area contributed by atoms with Gasteiger partial charge >= 0.3 is 5.97 Å². The summed E-state index contributed by atoms with van der Waals surface area (Å²) in [4.78, 5) is 11.6. The zero-order chi connectivity index (χ0) is 15.0. The molecule has 0 amide bonds. The van der Waals surface area contributed by atoms with E-state index in [4.69, 9.17) is 15.2 Å². The maximum atomic E-state index is 11.6. The molecule has 0 aliphatic heterocycles. The molecular formula is C15H24N2O3. The number of nitrogens with two attached hydrogens (primary N) is 1. The third kappa shape index (κ3) is 4.74. The minimum absolute atomic E-state index is 0.408. The van der Waals surface area contributed by atoms with Crippen molar-refractivity contribution >= 4 is 17.3 Å². The maximum Gasteiger partial charge on any atom is 0.340 e. The topological polar surface area (TPSA) is 73.6 Å². The Morgan fingerprint density at radius 2 is 2.00 bits per heavy atom. The molecule has 0 atom stereocenters. The molecule has 0 fully saturated rings. The van der Waals surface area contributed by atoms with Crippen molar-refractivity contribution in [1.82, 2.24) is 0 Å². The molecule has 0 aromatic heterocycles. The SMILES string of the molecule is COCCCCCNc1cc(C)c(N)c(C(=O)OC)c1. The average Bonchev–Trinajstić information content (AvgIpc) is 2.45. The van der Waals surface area contributed by atoms with Gasteiger partial charge in [0.25, 0.3) is 0 Å². The number of nitrogen functional groups attached to an aromatic ring is 1. The average molecular weight is 280 g/mol. The normalized spacial score (nSPS) is 10.3. The van der Waals surface area contributed by atoms with Crippen molar-refractivity contribution in [3.8, 4) is 0 Å². The molecule has 0 heterocycles. The highest BCUT2D eigenvalue weighted by Gasteiger charge is 2.13. The maximum absolute atomic E-state index is 11.6. The van der Waals surface area contributed by atoms with Gasteiger partial charge in [-0.15, -0.1) is 0 Å². The van der Waals surface area contributed by atoms with Gasteiger partial charge in [0.15, 0.2) is 0 Å². The van der Waals surface area contributed by atoms with Gasteiger partial charge in [-0.25, -0.2) is 4.79 Å². The largest absolute Gasteiger partial charge is 0.465 e. The van der Waals surface area contributed by atoms with Crippen LogP contribution in [0.3, 0.4) is 0 Å². The van der Waals surface area contributed by atoms with Gasteiger partial charge in [0.2, 0.25) is 0 Å². The van der Waals surface area contributed by atoms with Gasteiger partial charge in [0.1, 0.15) is 0 Å². The fourth-order valence-electron chi connectivity index (χ4n) is 1.96. The summed E-state index contributed by atoms with van der Waals surface area (Å²) in [5, 5.41) is 3.30. The molecule has 112 valence electrons. The number of aryl methyl sites for hydroxylation is 1. The Labute approximate surface area is 120 Å². The minimum atomic E-state index is -0.408. The first kappa shape index (κ1) is 16.3. The zero-order valence-corrected chi connectivity index (χ0v) is 12.5. The van der Waals surface area contributed by atoms with E-state index in [2.05, 4.69) is 5.32 Å². The van der Waals surface area contributed by atoms with Crippen LogP contribution in [0.25, 0.3) is 0 Å². The number of methoxy groups -OCH3 is 2. The van der Waals surface area contributed by atoms with Gasteiger partial charge < -0.3 is 20.5 Å². The number of benzene rings is 1. The second-order valence-electron chi connectivity index (χ2n) is 4.73. The van der Waals surface area contributed by atoms with Crippen molar-refractivity contribution in [3.63, 3.8) is 0 Å². The van der Waals surface area contributed by atoms with Gasteiger partial charge in [0, 0.05) is 31.6 Å². The molecule has 20 heavy (non-hydrogen) atoms. The monoisotopic (exact) mass is 280 g/mol. The third-order valence-corrected chi connectivity index (χ3v) is 3.15. The molecular weight excluding hydrogens is 256 g/mol. The number of anilines is 2. The summed E-state index contributed by atoms with van der Waals surface area (Å²) in [6.45, 7) is 3.53. The Kier molecular flexibility index (Phi) is 6.87. The molecule has 1 rings (SSSR count). The highest BCUT2D eigenvalue weighted by atomic mass is 16.5. The van der Waals surface area contributed by atoms with Crippen LogP contribution in [-0.2, 0) is 9.47 Å². The fraction of sp³-hybridized carbons (Fsp3) is 0.533. The van der Waals surface area contributed by atoms with Crippen LogP contribution < -0.4 is 11.1 Å². The zero-order valence-electron chi connectivity index (χ0n) is 12.5. The van der Waals surface area contributed by atoms with E-state index in [9.17, 15) is 4.79 Å². The van der Waals surface area contributed by atoms with E-state index in [0.29, 0.717) is 11.3 Å². The number of unbranched alkanes of at least 4 members (excludes halogenated alkanes) is 2. The van der Waals surface area contributed by atoms with Crippen LogP contribution in [0.4, 0.5) is 11.4 Å². The quantitative estimate of drug-likeness (QED) is 0.435.